The van der Waals surface area contributed by atoms with Crippen LogP contribution in [-0.4, -0.2) is 44.1 Å². The lowest BCUT2D eigenvalue weighted by molar-refractivity contribution is -0.130. The molecule has 0 spiro atoms. The number of methoxy groups -OCH3 is 2. The van der Waals surface area contributed by atoms with Gasteiger partial charge in [0.2, 0.25) is 5.91 Å². The number of thiophene rings is 1. The molecule has 0 fully saturated rings. The molecule has 1 amide bonds. The van der Waals surface area contributed by atoms with Gasteiger partial charge in [0.15, 0.2) is 5.96 Å². The van der Waals surface area contributed by atoms with E-state index < -0.39 is 0 Å². The van der Waals surface area contributed by atoms with Crippen molar-refractivity contribution in [2.45, 2.75) is 13.0 Å². The van der Waals surface area contributed by atoms with E-state index in [1.807, 2.05) is 4.90 Å². The monoisotopic (exact) mass is 502 g/mol. The first-order chi connectivity index (χ1) is 12.6. The molecule has 27 heavy (non-hydrogen) atoms. The van der Waals surface area contributed by atoms with Crippen LogP contribution in [0.15, 0.2) is 34.6 Å². The van der Waals surface area contributed by atoms with Gasteiger partial charge in [0.25, 0.3) is 0 Å². The number of nitrogens with zero attached hydrogens (tertiary/aromatic N) is 2. The van der Waals surface area contributed by atoms with E-state index in [2.05, 4.69) is 21.8 Å². The Hall–Kier alpha value is -2.01. The number of benzene rings is 1. The zero-order valence-electron chi connectivity index (χ0n) is 15.2. The average Bonchev–Trinajstić information content (AvgIpc) is 3.13. The van der Waals surface area contributed by atoms with Gasteiger partial charge in [0, 0.05) is 24.0 Å². The van der Waals surface area contributed by atoms with Crippen molar-refractivity contribution in [2.24, 2.45) is 10.7 Å². The number of fused-ring (bicyclic) bond motifs is 1. The second-order valence-electron chi connectivity index (χ2n) is 5.83. The fourth-order valence-corrected chi connectivity index (χ4v) is 3.69. The van der Waals surface area contributed by atoms with Crippen LogP contribution >= 0.6 is 35.3 Å². The summed E-state index contributed by atoms with van der Waals surface area (Å²) in [6, 6.07) is 7.39. The molecule has 0 radical (unpaired) electrons. The van der Waals surface area contributed by atoms with Gasteiger partial charge in [-0.05, 0) is 35.6 Å². The maximum absolute atomic E-state index is 12.4. The smallest absolute Gasteiger partial charge is 0.244 e. The molecular weight excluding hydrogens is 479 g/mol. The minimum atomic E-state index is -0.0378. The zero-order chi connectivity index (χ0) is 18.5. The summed E-state index contributed by atoms with van der Waals surface area (Å²) in [5.41, 5.74) is 7.79. The maximum Gasteiger partial charge on any atom is 0.244 e. The second-order valence-corrected chi connectivity index (χ2v) is 6.83. The molecule has 2 aromatic rings. The third-order valence-corrected chi connectivity index (χ3v) is 5.24. The number of nitrogens with two attached hydrogens (primary N) is 1. The molecule has 1 aromatic heterocycles. The molecule has 0 aliphatic carbocycles. The number of carbonyl (C=O) groups excluding carboxylic acids is 1. The predicted molar refractivity (Wildman–Crippen MR) is 119 cm³/mol. The first-order valence-electron chi connectivity index (χ1n) is 8.22. The Labute approximate surface area is 179 Å². The molecule has 146 valence electrons. The summed E-state index contributed by atoms with van der Waals surface area (Å²) in [5.74, 6) is 1.38. The number of hydrogen-bond donors (Lipinski definition) is 2. The molecule has 1 aromatic carbocycles. The van der Waals surface area contributed by atoms with E-state index in [1.165, 1.54) is 10.4 Å². The highest BCUT2D eigenvalue weighted by Gasteiger charge is 2.21. The Morgan fingerprint density at radius 2 is 2.15 bits per heavy atom. The van der Waals surface area contributed by atoms with Crippen molar-refractivity contribution < 1.29 is 14.3 Å². The molecule has 3 N–H and O–H groups in total. The topological polar surface area (TPSA) is 89.2 Å². The number of carbonyl (C=O) groups is 1. The summed E-state index contributed by atoms with van der Waals surface area (Å²) in [5, 5.41) is 5.03. The van der Waals surface area contributed by atoms with Crippen molar-refractivity contribution in [3.05, 3.63) is 40.1 Å². The van der Waals surface area contributed by atoms with Crippen molar-refractivity contribution >= 4 is 52.9 Å². The van der Waals surface area contributed by atoms with Gasteiger partial charge in [-0.15, -0.1) is 35.3 Å². The highest BCUT2D eigenvalue weighted by molar-refractivity contribution is 14.0. The fourth-order valence-electron chi connectivity index (χ4n) is 2.80. The van der Waals surface area contributed by atoms with Crippen molar-refractivity contribution in [1.82, 2.24) is 4.90 Å². The fraction of sp³-hybridized carbons (Fsp3) is 0.333. The van der Waals surface area contributed by atoms with E-state index >= 15 is 0 Å². The summed E-state index contributed by atoms with van der Waals surface area (Å²) in [6.07, 6.45) is 0.900. The van der Waals surface area contributed by atoms with Crippen LogP contribution in [0.4, 0.5) is 5.69 Å². The number of anilines is 1. The number of hydrogen-bond acceptors (Lipinski definition) is 5. The third-order valence-electron chi connectivity index (χ3n) is 4.21. The summed E-state index contributed by atoms with van der Waals surface area (Å²) in [6.45, 7) is 1.37. The lowest BCUT2D eigenvalue weighted by atomic mass is 10.1. The van der Waals surface area contributed by atoms with Gasteiger partial charge >= 0.3 is 0 Å². The van der Waals surface area contributed by atoms with Crippen LogP contribution in [0.25, 0.3) is 0 Å². The quantitative estimate of drug-likeness (QED) is 0.373. The van der Waals surface area contributed by atoms with Crippen LogP contribution in [-0.2, 0) is 17.8 Å². The van der Waals surface area contributed by atoms with E-state index in [0.29, 0.717) is 23.7 Å². The van der Waals surface area contributed by atoms with Gasteiger partial charge < -0.3 is 25.4 Å². The number of aliphatic imine (C=N–C) groups is 1. The second kappa shape index (κ2) is 9.79. The number of halogens is 1. The van der Waals surface area contributed by atoms with Crippen molar-refractivity contribution in [3.8, 4) is 11.5 Å². The SMILES string of the molecule is COc1ccc(OC)c(NC(N)=NCC(=O)N2CCc3sccc3C2)c1.I. The molecule has 1 aliphatic rings. The Kier molecular flexibility index (Phi) is 7.72. The lowest BCUT2D eigenvalue weighted by Crippen LogP contribution is -2.37. The van der Waals surface area contributed by atoms with Crippen LogP contribution in [0.5, 0.6) is 11.5 Å². The number of ether oxygens (including phenoxy) is 2. The summed E-state index contributed by atoms with van der Waals surface area (Å²) >= 11 is 1.75. The lowest BCUT2D eigenvalue weighted by Gasteiger charge is -2.26. The maximum atomic E-state index is 12.4. The predicted octanol–water partition coefficient (Wildman–Crippen LogP) is 2.69. The van der Waals surface area contributed by atoms with Crippen LogP contribution in [0.1, 0.15) is 10.4 Å². The summed E-state index contributed by atoms with van der Waals surface area (Å²) in [7, 11) is 3.15. The van der Waals surface area contributed by atoms with Gasteiger partial charge in [0.1, 0.15) is 18.0 Å². The van der Waals surface area contributed by atoms with Gasteiger partial charge in [-0.2, -0.15) is 0 Å². The molecule has 0 atom stereocenters. The molecule has 0 saturated carbocycles. The van der Waals surface area contributed by atoms with Crippen LogP contribution in [0.3, 0.4) is 0 Å². The molecule has 0 bridgehead atoms. The van der Waals surface area contributed by atoms with Gasteiger partial charge in [0.05, 0.1) is 19.9 Å². The van der Waals surface area contributed by atoms with Crippen molar-refractivity contribution in [3.63, 3.8) is 0 Å². The van der Waals surface area contributed by atoms with Crippen molar-refractivity contribution in [1.29, 1.82) is 0 Å². The minimum Gasteiger partial charge on any atom is -0.497 e. The van der Waals surface area contributed by atoms with Gasteiger partial charge in [-0.25, -0.2) is 4.99 Å². The van der Waals surface area contributed by atoms with E-state index in [9.17, 15) is 4.79 Å². The number of amides is 1. The van der Waals surface area contributed by atoms with E-state index in [1.54, 1.807) is 43.8 Å². The zero-order valence-corrected chi connectivity index (χ0v) is 18.4. The Bertz CT molecular complexity index is 825. The van der Waals surface area contributed by atoms with Gasteiger partial charge in [-0.3, -0.25) is 4.79 Å². The number of nitrogens with one attached hydrogen (secondary N) is 1. The highest BCUT2D eigenvalue weighted by Crippen LogP contribution is 2.28. The highest BCUT2D eigenvalue weighted by atomic mass is 127. The van der Waals surface area contributed by atoms with Crippen LogP contribution in [0.2, 0.25) is 0 Å². The average molecular weight is 502 g/mol. The molecule has 3 rings (SSSR count). The Morgan fingerprint density at radius 1 is 1.33 bits per heavy atom. The van der Waals surface area contributed by atoms with E-state index in [4.69, 9.17) is 15.2 Å². The Morgan fingerprint density at radius 3 is 2.89 bits per heavy atom. The largest absolute Gasteiger partial charge is 0.497 e. The molecule has 7 nitrogen and oxygen atoms in total. The van der Waals surface area contributed by atoms with Crippen LogP contribution < -0.4 is 20.5 Å². The number of guanidine groups is 1. The first kappa shape index (κ1) is 21.3. The molecular formula is C18H23IN4O3S. The summed E-state index contributed by atoms with van der Waals surface area (Å²) in [4.78, 5) is 19.8. The molecule has 0 unspecified atom stereocenters. The van der Waals surface area contributed by atoms with Gasteiger partial charge in [-0.1, -0.05) is 0 Å². The third kappa shape index (κ3) is 5.25. The van der Waals surface area contributed by atoms with Crippen LogP contribution in [0, 0.1) is 0 Å². The van der Waals surface area contributed by atoms with E-state index in [-0.39, 0.29) is 42.4 Å². The first-order valence-corrected chi connectivity index (χ1v) is 9.10. The molecule has 0 saturated heterocycles. The summed E-state index contributed by atoms with van der Waals surface area (Å²) < 4.78 is 10.5. The normalized spacial score (nSPS) is 13.4. The minimum absolute atomic E-state index is 0. The molecule has 2 heterocycles. The number of rotatable bonds is 5. The van der Waals surface area contributed by atoms with Crippen molar-refractivity contribution in [2.75, 3.05) is 32.6 Å². The molecule has 1 aliphatic heterocycles. The standard InChI is InChI=1S/C18H22N4O3S.HI/c1-24-13-3-4-15(25-2)14(9-13)21-18(19)20-10-17(23)22-7-5-16-12(11-22)6-8-26-16;/h3-4,6,8-9H,5,7,10-11H2,1-2H3,(H3,19,20,21);1H. The Balaban J connectivity index is 0.00000261. The van der Waals surface area contributed by atoms with E-state index in [0.717, 1.165) is 13.0 Å². The molecule has 9 heteroatoms.